The van der Waals surface area contributed by atoms with Gasteiger partial charge in [0.1, 0.15) is 0 Å². The molecular formula is C12H11N. The van der Waals surface area contributed by atoms with Crippen LogP contribution in [-0.4, -0.2) is 5.71 Å². The lowest BCUT2D eigenvalue weighted by molar-refractivity contribution is 1.28. The van der Waals surface area contributed by atoms with Crippen LogP contribution in [0.4, 0.5) is 5.69 Å². The summed E-state index contributed by atoms with van der Waals surface area (Å²) in [6.45, 7) is 2.10. The van der Waals surface area contributed by atoms with Crippen LogP contribution in [0.2, 0.25) is 0 Å². The maximum absolute atomic E-state index is 4.59. The van der Waals surface area contributed by atoms with Gasteiger partial charge in [0.25, 0.3) is 0 Å². The zero-order valence-corrected chi connectivity index (χ0v) is 7.67. The summed E-state index contributed by atoms with van der Waals surface area (Å²) in [4.78, 5) is 4.59. The van der Waals surface area contributed by atoms with Crippen molar-refractivity contribution in [2.24, 2.45) is 4.99 Å². The molecule has 0 saturated heterocycles. The summed E-state index contributed by atoms with van der Waals surface area (Å²) in [5.74, 6) is 0. The van der Waals surface area contributed by atoms with Crippen LogP contribution in [0.1, 0.15) is 23.6 Å². The Bertz CT molecular complexity index is 439. The van der Waals surface area contributed by atoms with E-state index in [0.29, 0.717) is 0 Å². The van der Waals surface area contributed by atoms with E-state index in [-0.39, 0.29) is 0 Å². The Balaban J connectivity index is 2.30. The van der Waals surface area contributed by atoms with E-state index in [9.17, 15) is 0 Å². The van der Waals surface area contributed by atoms with Crippen molar-refractivity contribution in [1.82, 2.24) is 0 Å². The predicted molar refractivity (Wildman–Crippen MR) is 55.7 cm³/mol. The molecule has 1 heteroatoms. The number of benzene rings is 1. The van der Waals surface area contributed by atoms with Crippen molar-refractivity contribution in [1.29, 1.82) is 0 Å². The molecule has 0 aromatic heterocycles. The Hall–Kier alpha value is -1.37. The largest absolute Gasteiger partial charge is 0.257 e. The quantitative estimate of drug-likeness (QED) is 0.566. The number of nitrogens with zero attached hydrogens (tertiary/aromatic N) is 1. The Labute approximate surface area is 77.8 Å². The van der Waals surface area contributed by atoms with E-state index in [1.807, 2.05) is 0 Å². The predicted octanol–water partition coefficient (Wildman–Crippen LogP) is 2.90. The molecule has 1 aliphatic heterocycles. The van der Waals surface area contributed by atoms with Crippen molar-refractivity contribution in [3.63, 3.8) is 0 Å². The molecule has 1 aromatic rings. The first-order chi connectivity index (χ1) is 6.34. The first-order valence-corrected chi connectivity index (χ1v) is 4.70. The molecule has 13 heavy (non-hydrogen) atoms. The number of fused-ring (bicyclic) bond motifs is 3. The molecule has 3 rings (SSSR count). The Kier molecular flexibility index (Phi) is 1.26. The van der Waals surface area contributed by atoms with Crippen molar-refractivity contribution in [2.75, 3.05) is 0 Å². The molecule has 0 amide bonds. The summed E-state index contributed by atoms with van der Waals surface area (Å²) in [6.07, 6.45) is 6.54. The third-order valence-corrected chi connectivity index (χ3v) is 2.76. The maximum Gasteiger partial charge on any atom is 0.0739 e. The lowest BCUT2D eigenvalue weighted by Gasteiger charge is -2.03. The fourth-order valence-corrected chi connectivity index (χ4v) is 2.14. The van der Waals surface area contributed by atoms with Crippen LogP contribution in [0.15, 0.2) is 23.2 Å². The Morgan fingerprint density at radius 2 is 2.08 bits per heavy atom. The summed E-state index contributed by atoms with van der Waals surface area (Å²) in [5.41, 5.74) is 6.64. The summed E-state index contributed by atoms with van der Waals surface area (Å²) in [7, 11) is 0. The highest BCUT2D eigenvalue weighted by Crippen LogP contribution is 2.36. The monoisotopic (exact) mass is 169 g/mol. The topological polar surface area (TPSA) is 12.4 Å². The van der Waals surface area contributed by atoms with Gasteiger partial charge < -0.3 is 0 Å². The number of hydrogen-bond acceptors (Lipinski definition) is 1. The molecule has 0 radical (unpaired) electrons. The molecule has 0 bridgehead atoms. The normalized spacial score (nSPS) is 17.2. The highest BCUT2D eigenvalue weighted by atomic mass is 14.8. The summed E-state index contributed by atoms with van der Waals surface area (Å²) < 4.78 is 0. The van der Waals surface area contributed by atoms with Gasteiger partial charge in [-0.05, 0) is 24.5 Å². The van der Waals surface area contributed by atoms with Gasteiger partial charge in [0, 0.05) is 17.7 Å². The minimum absolute atomic E-state index is 1.04. The zero-order chi connectivity index (χ0) is 8.84. The van der Waals surface area contributed by atoms with Gasteiger partial charge in [-0.2, -0.15) is 0 Å². The Morgan fingerprint density at radius 3 is 3.00 bits per heavy atom. The van der Waals surface area contributed by atoms with Gasteiger partial charge in [-0.25, -0.2) is 0 Å². The van der Waals surface area contributed by atoms with Gasteiger partial charge in [0.2, 0.25) is 0 Å². The maximum atomic E-state index is 4.59. The highest BCUT2D eigenvalue weighted by Gasteiger charge is 2.17. The molecule has 0 N–H and O–H groups in total. The molecule has 1 heterocycles. The third kappa shape index (κ3) is 0.902. The number of allylic oxidation sites excluding steroid dienone is 1. The number of hydrogen-bond donors (Lipinski definition) is 0. The minimum Gasteiger partial charge on any atom is -0.257 e. The molecule has 1 aliphatic carbocycles. The molecule has 64 valence electrons. The second-order valence-corrected chi connectivity index (χ2v) is 3.78. The van der Waals surface area contributed by atoms with Crippen LogP contribution in [0, 0.1) is 0 Å². The average molecular weight is 169 g/mol. The summed E-state index contributed by atoms with van der Waals surface area (Å²) in [6, 6.07) is 4.46. The molecule has 0 fully saturated rings. The molecule has 1 nitrogen and oxygen atoms in total. The fraction of sp³-hybridized carbons (Fsp3) is 0.250. The molecule has 1 aromatic carbocycles. The molecule has 2 aliphatic rings. The van der Waals surface area contributed by atoms with Gasteiger partial charge in [0.15, 0.2) is 0 Å². The van der Waals surface area contributed by atoms with Crippen LogP contribution in [0.3, 0.4) is 0 Å². The lowest BCUT2D eigenvalue weighted by Crippen LogP contribution is -1.89. The number of aliphatic imine (C=N–C) groups is 1. The number of rotatable bonds is 0. The summed E-state index contributed by atoms with van der Waals surface area (Å²) in [5, 5.41) is 0. The fourth-order valence-electron chi connectivity index (χ4n) is 2.14. The first-order valence-electron chi connectivity index (χ1n) is 4.70. The van der Waals surface area contributed by atoms with E-state index in [1.165, 1.54) is 28.1 Å². The second kappa shape index (κ2) is 2.32. The Morgan fingerprint density at radius 1 is 1.23 bits per heavy atom. The van der Waals surface area contributed by atoms with Gasteiger partial charge in [0.05, 0.1) is 5.69 Å². The molecule has 0 atom stereocenters. The zero-order valence-electron chi connectivity index (χ0n) is 7.67. The van der Waals surface area contributed by atoms with Crippen LogP contribution >= 0.6 is 0 Å². The lowest BCUT2D eigenvalue weighted by atomic mass is 10.0. The molecule has 0 unspecified atom stereocenters. The van der Waals surface area contributed by atoms with Crippen LogP contribution in [0.5, 0.6) is 0 Å². The minimum atomic E-state index is 1.04. The molecular weight excluding hydrogens is 158 g/mol. The van der Waals surface area contributed by atoms with Crippen molar-refractivity contribution in [3.8, 4) is 0 Å². The van der Waals surface area contributed by atoms with Gasteiger partial charge >= 0.3 is 0 Å². The van der Waals surface area contributed by atoms with Crippen molar-refractivity contribution < 1.29 is 0 Å². The second-order valence-electron chi connectivity index (χ2n) is 3.78. The smallest absolute Gasteiger partial charge is 0.0739 e. The molecule has 0 spiro atoms. The van der Waals surface area contributed by atoms with E-state index < -0.39 is 0 Å². The van der Waals surface area contributed by atoms with Gasteiger partial charge in [-0.3, -0.25) is 4.99 Å². The van der Waals surface area contributed by atoms with Crippen LogP contribution in [-0.2, 0) is 12.8 Å². The van der Waals surface area contributed by atoms with E-state index in [0.717, 1.165) is 12.8 Å². The standard InChI is InChI=1S/C12H11N/c1-8-7-10-6-5-9-3-2-4-11(9)12(10)13-8/h2,4-6H,3,7H2,1H3. The highest BCUT2D eigenvalue weighted by molar-refractivity contribution is 5.94. The average Bonchev–Trinajstić information content (AvgIpc) is 2.65. The van der Waals surface area contributed by atoms with Crippen LogP contribution < -0.4 is 0 Å². The first kappa shape index (κ1) is 7.07. The van der Waals surface area contributed by atoms with E-state index in [2.05, 4.69) is 36.2 Å². The summed E-state index contributed by atoms with van der Waals surface area (Å²) >= 11 is 0. The molecule has 0 saturated carbocycles. The SMILES string of the molecule is CC1=Nc2c(ccc3c2C=CC3)C1. The van der Waals surface area contributed by atoms with Crippen molar-refractivity contribution in [2.45, 2.75) is 19.8 Å². The van der Waals surface area contributed by atoms with Crippen molar-refractivity contribution in [3.05, 3.63) is 34.9 Å². The van der Waals surface area contributed by atoms with Crippen molar-refractivity contribution >= 4 is 17.5 Å². The van der Waals surface area contributed by atoms with Crippen LogP contribution in [0.25, 0.3) is 6.08 Å². The van der Waals surface area contributed by atoms with Gasteiger partial charge in [-0.15, -0.1) is 0 Å². The third-order valence-electron chi connectivity index (χ3n) is 2.76. The van der Waals surface area contributed by atoms with E-state index in [4.69, 9.17) is 0 Å². The van der Waals surface area contributed by atoms with E-state index >= 15 is 0 Å². The van der Waals surface area contributed by atoms with E-state index in [1.54, 1.807) is 0 Å². The van der Waals surface area contributed by atoms with Gasteiger partial charge in [-0.1, -0.05) is 24.3 Å².